The van der Waals surface area contributed by atoms with Gasteiger partial charge in [0.2, 0.25) is 0 Å². The van der Waals surface area contributed by atoms with Crippen LogP contribution in [-0.4, -0.2) is 42.5 Å². The molecule has 0 aromatic heterocycles. The van der Waals surface area contributed by atoms with Crippen molar-refractivity contribution in [1.29, 1.82) is 0 Å². The molecule has 0 saturated carbocycles. The Bertz CT molecular complexity index is 863. The second-order valence-electron chi connectivity index (χ2n) is 8.31. The van der Waals surface area contributed by atoms with Crippen molar-refractivity contribution in [3.8, 4) is 0 Å². The van der Waals surface area contributed by atoms with Gasteiger partial charge in [0.05, 0.1) is 0 Å². The summed E-state index contributed by atoms with van der Waals surface area (Å²) in [7, 11) is 0. The zero-order valence-corrected chi connectivity index (χ0v) is 19.5. The molecule has 1 aliphatic heterocycles. The van der Waals surface area contributed by atoms with Crippen molar-refractivity contribution < 1.29 is 9.59 Å². The van der Waals surface area contributed by atoms with E-state index in [9.17, 15) is 9.59 Å². The number of benzene rings is 2. The van der Waals surface area contributed by atoms with Gasteiger partial charge in [-0.15, -0.1) is 0 Å². The van der Waals surface area contributed by atoms with Gasteiger partial charge in [0.25, 0.3) is 5.91 Å². The second-order valence-corrected chi connectivity index (χ2v) is 8.75. The van der Waals surface area contributed by atoms with E-state index in [1.54, 1.807) is 12.1 Å². The van der Waals surface area contributed by atoms with Gasteiger partial charge in [0.15, 0.2) is 0 Å². The molecule has 1 heterocycles. The number of urea groups is 1. The fraction of sp³-hybridized carbons (Fsp3) is 0.440. The lowest BCUT2D eigenvalue weighted by Crippen LogP contribution is -2.47. The number of amides is 3. The largest absolute Gasteiger partial charge is 0.352 e. The molecule has 7 heteroatoms. The van der Waals surface area contributed by atoms with Crippen LogP contribution in [0.1, 0.15) is 54.1 Å². The van der Waals surface area contributed by atoms with Crippen molar-refractivity contribution in [3.05, 3.63) is 70.2 Å². The summed E-state index contributed by atoms with van der Waals surface area (Å²) < 4.78 is 0. The van der Waals surface area contributed by atoms with Crippen molar-refractivity contribution in [2.45, 2.75) is 51.7 Å². The van der Waals surface area contributed by atoms with E-state index in [0.29, 0.717) is 18.7 Å². The number of unbranched alkanes of at least 4 members (excludes halogenated alkanes) is 1. The first-order chi connectivity index (χ1) is 15.5. The quantitative estimate of drug-likeness (QED) is 0.491. The molecule has 2 aromatic rings. The van der Waals surface area contributed by atoms with Gasteiger partial charge >= 0.3 is 6.03 Å². The molecule has 0 bridgehead atoms. The molecule has 3 amide bonds. The first kappa shape index (κ1) is 24.1. The smallest absolute Gasteiger partial charge is 0.315 e. The average Bonchev–Trinajstić information content (AvgIpc) is 2.81. The Balaban J connectivity index is 1.34. The number of halogens is 1. The number of carbonyl (C=O) groups excluding carboxylic acids is 2. The van der Waals surface area contributed by atoms with Crippen LogP contribution in [0.5, 0.6) is 0 Å². The molecule has 1 aliphatic rings. The van der Waals surface area contributed by atoms with Gasteiger partial charge < -0.3 is 16.0 Å². The minimum Gasteiger partial charge on any atom is -0.352 e. The highest BCUT2D eigenvalue weighted by molar-refractivity contribution is 6.30. The Kier molecular flexibility index (Phi) is 9.38. The molecule has 1 saturated heterocycles. The second kappa shape index (κ2) is 12.5. The number of piperidine rings is 1. The third kappa shape index (κ3) is 7.84. The third-order valence-corrected chi connectivity index (χ3v) is 5.98. The summed E-state index contributed by atoms with van der Waals surface area (Å²) in [6.07, 6.45) is 3.89. The van der Waals surface area contributed by atoms with Crippen molar-refractivity contribution in [1.82, 2.24) is 20.9 Å². The van der Waals surface area contributed by atoms with Crippen LogP contribution in [0.3, 0.4) is 0 Å². The summed E-state index contributed by atoms with van der Waals surface area (Å²) in [5, 5.41) is 9.66. The van der Waals surface area contributed by atoms with Gasteiger partial charge in [0.1, 0.15) is 0 Å². The standard InChI is InChI=1S/C25H33ClN4O2/c1-2-3-14-27-24(31)21-8-4-19(5-9-21)17-28-25(32)29-23-12-15-30(16-13-23)18-20-6-10-22(26)11-7-20/h4-11,23H,2-3,12-18H2,1H3,(H,27,31)(H2,28,29,32). The molecule has 172 valence electrons. The van der Waals surface area contributed by atoms with Crippen LogP contribution in [0.25, 0.3) is 0 Å². The van der Waals surface area contributed by atoms with Crippen LogP contribution in [0.2, 0.25) is 5.02 Å². The van der Waals surface area contributed by atoms with Gasteiger partial charge in [-0.3, -0.25) is 9.69 Å². The molecule has 1 fully saturated rings. The Morgan fingerprint density at radius 1 is 0.969 bits per heavy atom. The summed E-state index contributed by atoms with van der Waals surface area (Å²) in [5.41, 5.74) is 2.85. The molecule has 0 atom stereocenters. The molecule has 3 N–H and O–H groups in total. The summed E-state index contributed by atoms with van der Waals surface area (Å²) in [4.78, 5) is 26.8. The maximum absolute atomic E-state index is 12.3. The molecule has 0 unspecified atom stereocenters. The molecule has 2 aromatic carbocycles. The van der Waals surface area contributed by atoms with E-state index >= 15 is 0 Å². The van der Waals surface area contributed by atoms with Crippen molar-refractivity contribution in [2.24, 2.45) is 0 Å². The number of likely N-dealkylation sites (tertiary alicyclic amines) is 1. The Morgan fingerprint density at radius 3 is 2.28 bits per heavy atom. The van der Waals surface area contributed by atoms with E-state index in [-0.39, 0.29) is 18.0 Å². The fourth-order valence-electron chi connectivity index (χ4n) is 3.76. The highest BCUT2D eigenvalue weighted by Crippen LogP contribution is 2.16. The van der Waals surface area contributed by atoms with Gasteiger partial charge in [-0.05, 0) is 54.7 Å². The SMILES string of the molecule is CCCCNC(=O)c1ccc(CNC(=O)NC2CCN(Cc3ccc(Cl)cc3)CC2)cc1. The van der Waals surface area contributed by atoms with Crippen LogP contribution in [0, 0.1) is 0 Å². The molecule has 6 nitrogen and oxygen atoms in total. The van der Waals surface area contributed by atoms with E-state index in [0.717, 1.165) is 55.9 Å². The number of nitrogens with one attached hydrogen (secondary N) is 3. The van der Waals surface area contributed by atoms with Gasteiger partial charge in [-0.1, -0.05) is 49.2 Å². The number of hydrogen-bond acceptors (Lipinski definition) is 3. The lowest BCUT2D eigenvalue weighted by atomic mass is 10.0. The lowest BCUT2D eigenvalue weighted by Gasteiger charge is -2.32. The Hall–Kier alpha value is -2.57. The normalized spacial score (nSPS) is 14.7. The fourth-order valence-corrected chi connectivity index (χ4v) is 3.88. The Labute approximate surface area is 195 Å². The zero-order chi connectivity index (χ0) is 22.8. The van der Waals surface area contributed by atoms with Gasteiger partial charge in [-0.2, -0.15) is 0 Å². The maximum Gasteiger partial charge on any atom is 0.315 e. The predicted molar refractivity (Wildman–Crippen MR) is 129 cm³/mol. The monoisotopic (exact) mass is 456 g/mol. The van der Waals surface area contributed by atoms with Crippen LogP contribution in [0.4, 0.5) is 4.79 Å². The topological polar surface area (TPSA) is 73.5 Å². The summed E-state index contributed by atoms with van der Waals surface area (Å²) in [6.45, 7) is 6.03. The van der Waals surface area contributed by atoms with Crippen LogP contribution >= 0.6 is 11.6 Å². The van der Waals surface area contributed by atoms with E-state index in [4.69, 9.17) is 11.6 Å². The Morgan fingerprint density at radius 2 is 1.62 bits per heavy atom. The number of nitrogens with zero attached hydrogens (tertiary/aromatic N) is 1. The molecule has 0 spiro atoms. The van der Waals surface area contributed by atoms with Crippen LogP contribution in [0.15, 0.2) is 48.5 Å². The van der Waals surface area contributed by atoms with Crippen molar-refractivity contribution >= 4 is 23.5 Å². The maximum atomic E-state index is 12.3. The minimum absolute atomic E-state index is 0.0573. The third-order valence-electron chi connectivity index (χ3n) is 5.73. The zero-order valence-electron chi connectivity index (χ0n) is 18.7. The van der Waals surface area contributed by atoms with Gasteiger partial charge in [-0.25, -0.2) is 4.79 Å². The van der Waals surface area contributed by atoms with Crippen molar-refractivity contribution in [2.75, 3.05) is 19.6 Å². The molecular formula is C25H33ClN4O2. The average molecular weight is 457 g/mol. The van der Waals surface area contributed by atoms with Crippen molar-refractivity contribution in [3.63, 3.8) is 0 Å². The number of hydrogen-bond donors (Lipinski definition) is 3. The van der Waals surface area contributed by atoms with E-state index < -0.39 is 0 Å². The summed E-state index contributed by atoms with van der Waals surface area (Å²) >= 11 is 5.95. The van der Waals surface area contributed by atoms with E-state index in [1.807, 2.05) is 24.3 Å². The first-order valence-corrected chi connectivity index (χ1v) is 11.8. The van der Waals surface area contributed by atoms with Crippen LogP contribution in [-0.2, 0) is 13.1 Å². The molecular weight excluding hydrogens is 424 g/mol. The lowest BCUT2D eigenvalue weighted by molar-refractivity contribution is 0.0953. The summed E-state index contributed by atoms with van der Waals surface area (Å²) in [6, 6.07) is 15.4. The molecule has 3 rings (SSSR count). The predicted octanol–water partition coefficient (Wildman–Crippen LogP) is 4.33. The molecule has 0 aliphatic carbocycles. The number of rotatable bonds is 9. The van der Waals surface area contributed by atoms with Crippen LogP contribution < -0.4 is 16.0 Å². The summed E-state index contributed by atoms with van der Waals surface area (Å²) in [5.74, 6) is -0.0573. The first-order valence-electron chi connectivity index (χ1n) is 11.4. The molecule has 0 radical (unpaired) electrons. The molecule has 32 heavy (non-hydrogen) atoms. The minimum atomic E-state index is -0.150. The van der Waals surface area contributed by atoms with E-state index in [2.05, 4.69) is 39.9 Å². The van der Waals surface area contributed by atoms with E-state index in [1.165, 1.54) is 5.56 Å². The van der Waals surface area contributed by atoms with Gasteiger partial charge in [0, 0.05) is 49.4 Å². The number of carbonyl (C=O) groups is 2. The highest BCUT2D eigenvalue weighted by atomic mass is 35.5. The highest BCUT2D eigenvalue weighted by Gasteiger charge is 2.20.